The molecule has 0 heterocycles. The molecule has 0 radical (unpaired) electrons. The Morgan fingerprint density at radius 1 is 1.40 bits per heavy atom. The first-order valence-corrected chi connectivity index (χ1v) is 8.45. The Balaban J connectivity index is 0.00000361. The van der Waals surface area contributed by atoms with E-state index in [1.165, 1.54) is 6.07 Å². The van der Waals surface area contributed by atoms with Gasteiger partial charge in [-0.25, -0.2) is 0 Å². The maximum atomic E-state index is 12.2. The molecule has 1 rings (SSSR count). The van der Waals surface area contributed by atoms with E-state index in [1.54, 1.807) is 30.0 Å². The van der Waals surface area contributed by atoms with Gasteiger partial charge in [-0.1, -0.05) is 34.1 Å². The van der Waals surface area contributed by atoms with Gasteiger partial charge in [-0.2, -0.15) is 8.42 Å². The van der Waals surface area contributed by atoms with Gasteiger partial charge in [0.05, 0.1) is 4.90 Å². The number of hydrogen-bond acceptors (Lipinski definition) is 2. The van der Waals surface area contributed by atoms with E-state index in [4.69, 9.17) is 5.73 Å². The Hall–Kier alpha value is -0.600. The van der Waals surface area contributed by atoms with Crippen molar-refractivity contribution in [2.45, 2.75) is 18.7 Å². The van der Waals surface area contributed by atoms with Gasteiger partial charge >= 0.3 is 0 Å². The van der Waals surface area contributed by atoms with E-state index < -0.39 is 10.0 Å². The van der Waals surface area contributed by atoms with Crippen LogP contribution in [0.25, 0.3) is 0 Å². The zero-order chi connectivity index (χ0) is 14.5. The summed E-state index contributed by atoms with van der Waals surface area (Å²) in [7, 11) is -3.76. The molecule has 0 fully saturated rings. The monoisotopic (exact) mass is 427 g/mol. The van der Waals surface area contributed by atoms with Crippen LogP contribution in [-0.2, 0) is 10.0 Å². The van der Waals surface area contributed by atoms with E-state index in [-0.39, 0.29) is 27.8 Å². The number of benzene rings is 1. The van der Waals surface area contributed by atoms with E-state index >= 15 is 0 Å². The van der Waals surface area contributed by atoms with Gasteiger partial charge < -0.3 is 10.6 Å². The topological polar surface area (TPSA) is 75.8 Å². The fourth-order valence-corrected chi connectivity index (χ4v) is 3.23. The zero-order valence-electron chi connectivity index (χ0n) is 11.4. The zero-order valence-corrected chi connectivity index (χ0v) is 15.5. The normalized spacial score (nSPS) is 11.8. The van der Waals surface area contributed by atoms with Crippen molar-refractivity contribution in [3.05, 3.63) is 29.8 Å². The average Bonchev–Trinajstić information content (AvgIpc) is 2.35. The van der Waals surface area contributed by atoms with Crippen molar-refractivity contribution in [1.82, 2.24) is 4.90 Å². The number of aryl methyl sites for hydroxylation is 1. The maximum Gasteiger partial charge on any atom is 0.285 e. The van der Waals surface area contributed by atoms with Gasteiger partial charge in [-0.05, 0) is 25.5 Å². The lowest BCUT2D eigenvalue weighted by atomic mass is 10.2. The van der Waals surface area contributed by atoms with Crippen molar-refractivity contribution in [3.63, 3.8) is 0 Å². The molecule has 0 unspecified atom stereocenters. The van der Waals surface area contributed by atoms with Gasteiger partial charge in [0.25, 0.3) is 10.0 Å². The SMILES string of the molecule is Br.CCN(CCBr)/C(N)=N/S(=O)(=O)c1ccccc1C. The van der Waals surface area contributed by atoms with Crippen LogP contribution in [-0.4, -0.2) is 37.7 Å². The van der Waals surface area contributed by atoms with E-state index in [1.807, 2.05) is 6.92 Å². The molecule has 0 saturated heterocycles. The molecule has 8 heteroatoms. The fraction of sp³-hybridized carbons (Fsp3) is 0.417. The highest BCUT2D eigenvalue weighted by Crippen LogP contribution is 2.16. The molecule has 0 aromatic heterocycles. The Kier molecular flexibility index (Phi) is 8.38. The van der Waals surface area contributed by atoms with Crippen molar-refractivity contribution in [3.8, 4) is 0 Å². The number of halogens is 2. The highest BCUT2D eigenvalue weighted by atomic mass is 79.9. The van der Waals surface area contributed by atoms with Crippen molar-refractivity contribution in [2.75, 3.05) is 18.4 Å². The van der Waals surface area contributed by atoms with E-state index in [9.17, 15) is 8.42 Å². The van der Waals surface area contributed by atoms with Crippen LogP contribution < -0.4 is 5.73 Å². The van der Waals surface area contributed by atoms with E-state index in [2.05, 4.69) is 20.3 Å². The molecular weight excluding hydrogens is 410 g/mol. The summed E-state index contributed by atoms with van der Waals surface area (Å²) >= 11 is 3.29. The summed E-state index contributed by atoms with van der Waals surface area (Å²) in [4.78, 5) is 1.89. The molecule has 114 valence electrons. The second-order valence-corrected chi connectivity index (χ2v) is 6.32. The summed E-state index contributed by atoms with van der Waals surface area (Å²) in [6.45, 7) is 4.83. The molecule has 0 saturated carbocycles. The molecule has 0 spiro atoms. The summed E-state index contributed by atoms with van der Waals surface area (Å²) < 4.78 is 28.1. The fourth-order valence-electron chi connectivity index (χ4n) is 1.61. The third-order valence-electron chi connectivity index (χ3n) is 2.65. The molecule has 0 aliphatic carbocycles. The van der Waals surface area contributed by atoms with Crippen LogP contribution in [0.5, 0.6) is 0 Å². The molecule has 5 nitrogen and oxygen atoms in total. The lowest BCUT2D eigenvalue weighted by molar-refractivity contribution is 0.465. The summed E-state index contributed by atoms with van der Waals surface area (Å²) in [5.41, 5.74) is 6.42. The first-order valence-electron chi connectivity index (χ1n) is 5.89. The molecule has 1 aromatic rings. The van der Waals surface area contributed by atoms with Crippen molar-refractivity contribution in [1.29, 1.82) is 0 Å². The standard InChI is InChI=1S/C12H18BrN3O2S.BrH/c1-3-16(9-8-13)12(14)15-19(17,18)11-7-5-4-6-10(11)2;/h4-7H,3,8-9H2,1-2H3,(H2,14,15);1H. The van der Waals surface area contributed by atoms with Gasteiger partial charge in [0.2, 0.25) is 5.96 Å². The number of guanidine groups is 1. The first kappa shape index (κ1) is 19.4. The van der Waals surface area contributed by atoms with Crippen LogP contribution >= 0.6 is 32.9 Å². The Labute approximate surface area is 139 Å². The van der Waals surface area contributed by atoms with Gasteiger partial charge in [-0.15, -0.1) is 21.4 Å². The number of sulfonamides is 1. The molecule has 0 aliphatic heterocycles. The minimum atomic E-state index is -3.76. The molecule has 2 N–H and O–H groups in total. The molecule has 0 atom stereocenters. The van der Waals surface area contributed by atoms with Crippen LogP contribution in [0.4, 0.5) is 0 Å². The minimum absolute atomic E-state index is 0. The van der Waals surface area contributed by atoms with Crippen molar-refractivity contribution in [2.24, 2.45) is 10.1 Å². The van der Waals surface area contributed by atoms with Crippen LogP contribution in [0.3, 0.4) is 0 Å². The molecule has 0 amide bonds. The van der Waals surface area contributed by atoms with Gasteiger partial charge in [0.15, 0.2) is 0 Å². The second-order valence-electron chi connectivity index (χ2n) is 3.96. The van der Waals surface area contributed by atoms with Crippen LogP contribution in [0, 0.1) is 6.92 Å². The Morgan fingerprint density at radius 3 is 2.50 bits per heavy atom. The van der Waals surface area contributed by atoms with Crippen molar-refractivity contribution >= 4 is 48.9 Å². The smallest absolute Gasteiger partial charge is 0.285 e. The number of nitrogens with zero attached hydrogens (tertiary/aromatic N) is 2. The highest BCUT2D eigenvalue weighted by Gasteiger charge is 2.17. The predicted molar refractivity (Wildman–Crippen MR) is 91.4 cm³/mol. The van der Waals surface area contributed by atoms with Crippen molar-refractivity contribution < 1.29 is 8.42 Å². The van der Waals surface area contributed by atoms with Gasteiger partial charge in [-0.3, -0.25) is 0 Å². The summed E-state index contributed by atoms with van der Waals surface area (Å²) in [6, 6.07) is 6.71. The van der Waals surface area contributed by atoms with Gasteiger partial charge in [0.1, 0.15) is 0 Å². The summed E-state index contributed by atoms with van der Waals surface area (Å²) in [5.74, 6) is 0.0187. The Bertz CT molecular complexity index is 562. The second kappa shape index (κ2) is 8.63. The third kappa shape index (κ3) is 5.06. The lowest BCUT2D eigenvalue weighted by Crippen LogP contribution is -2.39. The molecule has 0 aliphatic rings. The van der Waals surface area contributed by atoms with Crippen LogP contribution in [0.15, 0.2) is 33.6 Å². The summed E-state index contributed by atoms with van der Waals surface area (Å²) in [6.07, 6.45) is 0. The van der Waals surface area contributed by atoms with E-state index in [0.29, 0.717) is 24.0 Å². The molecule has 1 aromatic carbocycles. The summed E-state index contributed by atoms with van der Waals surface area (Å²) in [5, 5.41) is 0.696. The average molecular weight is 429 g/mol. The number of alkyl halides is 1. The van der Waals surface area contributed by atoms with Gasteiger partial charge in [0, 0.05) is 18.4 Å². The first-order chi connectivity index (χ1) is 8.92. The highest BCUT2D eigenvalue weighted by molar-refractivity contribution is 9.09. The van der Waals surface area contributed by atoms with E-state index in [0.717, 1.165) is 0 Å². The third-order valence-corrected chi connectivity index (χ3v) is 4.44. The lowest BCUT2D eigenvalue weighted by Gasteiger charge is -2.20. The maximum absolute atomic E-state index is 12.2. The number of rotatable bonds is 5. The van der Waals surface area contributed by atoms with Crippen LogP contribution in [0.2, 0.25) is 0 Å². The molecule has 0 bridgehead atoms. The number of hydrogen-bond donors (Lipinski definition) is 1. The predicted octanol–water partition coefficient (Wildman–Crippen LogP) is 2.29. The largest absolute Gasteiger partial charge is 0.369 e. The van der Waals surface area contributed by atoms with Crippen LogP contribution in [0.1, 0.15) is 12.5 Å². The Morgan fingerprint density at radius 2 is 2.00 bits per heavy atom. The quantitative estimate of drug-likeness (QED) is 0.443. The minimum Gasteiger partial charge on any atom is -0.369 e. The molecular formula is C12H19Br2N3O2S. The molecule has 20 heavy (non-hydrogen) atoms. The number of nitrogens with two attached hydrogens (primary N) is 1.